The highest BCUT2D eigenvalue weighted by Gasteiger charge is 2.29. The maximum absolute atomic E-state index is 12.9. The van der Waals surface area contributed by atoms with Crippen molar-refractivity contribution in [1.29, 1.82) is 0 Å². The summed E-state index contributed by atoms with van der Waals surface area (Å²) in [4.78, 5) is 23.1. The predicted molar refractivity (Wildman–Crippen MR) is 79.8 cm³/mol. The second-order valence-electron chi connectivity index (χ2n) is 5.05. The molecule has 1 aromatic carbocycles. The van der Waals surface area contributed by atoms with Crippen molar-refractivity contribution in [3.8, 4) is 0 Å². The molecule has 2 heterocycles. The van der Waals surface area contributed by atoms with Gasteiger partial charge in [-0.05, 0) is 11.6 Å². The van der Waals surface area contributed by atoms with E-state index in [2.05, 4.69) is 15.3 Å². The summed E-state index contributed by atoms with van der Waals surface area (Å²) in [6.07, 6.45) is 3.18. The summed E-state index contributed by atoms with van der Waals surface area (Å²) in [5, 5.41) is 3.27. The highest BCUT2D eigenvalue weighted by molar-refractivity contribution is 5.86. The number of hydrogen-bond acceptors (Lipinski definition) is 4. The maximum atomic E-state index is 12.9. The van der Waals surface area contributed by atoms with Gasteiger partial charge in [-0.1, -0.05) is 30.3 Å². The Morgan fingerprint density at radius 3 is 2.57 bits per heavy atom. The Bertz CT molecular complexity index is 542. The van der Waals surface area contributed by atoms with Gasteiger partial charge < -0.3 is 10.2 Å². The molecule has 1 saturated heterocycles. The van der Waals surface area contributed by atoms with Crippen molar-refractivity contribution >= 4 is 5.91 Å². The number of aromatic nitrogens is 2. The fourth-order valence-electron chi connectivity index (χ4n) is 2.62. The summed E-state index contributed by atoms with van der Waals surface area (Å²) in [5.41, 5.74) is 1.72. The van der Waals surface area contributed by atoms with Crippen LogP contribution in [0.25, 0.3) is 0 Å². The number of nitrogens with zero attached hydrogens (tertiary/aromatic N) is 3. The van der Waals surface area contributed by atoms with E-state index in [1.807, 2.05) is 41.3 Å². The van der Waals surface area contributed by atoms with Gasteiger partial charge in [-0.25, -0.2) is 9.97 Å². The molecule has 1 atom stereocenters. The minimum atomic E-state index is -0.354. The lowest BCUT2D eigenvalue weighted by Gasteiger charge is -2.30. The van der Waals surface area contributed by atoms with Crippen molar-refractivity contribution in [3.63, 3.8) is 0 Å². The van der Waals surface area contributed by atoms with Crippen molar-refractivity contribution in [3.05, 3.63) is 60.2 Å². The first-order valence-corrected chi connectivity index (χ1v) is 7.16. The summed E-state index contributed by atoms with van der Waals surface area (Å²) in [6, 6.07) is 11.6. The topological polar surface area (TPSA) is 58.1 Å². The molecule has 1 fully saturated rings. The molecule has 1 aromatic heterocycles. The first-order valence-electron chi connectivity index (χ1n) is 7.16. The summed E-state index contributed by atoms with van der Waals surface area (Å²) in [7, 11) is 0. The van der Waals surface area contributed by atoms with Gasteiger partial charge in [0, 0.05) is 32.4 Å². The first-order chi connectivity index (χ1) is 10.4. The van der Waals surface area contributed by atoms with Crippen molar-refractivity contribution in [2.75, 3.05) is 26.2 Å². The van der Waals surface area contributed by atoms with Crippen LogP contribution in [-0.2, 0) is 4.79 Å². The lowest BCUT2D eigenvalue weighted by Crippen LogP contribution is -2.48. The maximum Gasteiger partial charge on any atom is 0.236 e. The molecule has 1 amide bonds. The Morgan fingerprint density at radius 2 is 1.90 bits per heavy atom. The van der Waals surface area contributed by atoms with Crippen LogP contribution in [0.5, 0.6) is 0 Å². The molecule has 1 N–H and O–H groups in total. The van der Waals surface area contributed by atoms with E-state index in [4.69, 9.17) is 0 Å². The monoisotopic (exact) mass is 282 g/mol. The Morgan fingerprint density at radius 1 is 1.14 bits per heavy atom. The zero-order chi connectivity index (χ0) is 14.5. The van der Waals surface area contributed by atoms with Crippen LogP contribution in [-0.4, -0.2) is 47.0 Å². The standard InChI is InChI=1S/C16H18N4O/c21-16(20-10-8-17-9-11-20)15(13-4-2-1-3-5-13)14-6-7-18-12-19-14/h1-7,12,15,17H,8-11H2. The van der Waals surface area contributed by atoms with Crippen molar-refractivity contribution < 1.29 is 4.79 Å². The Kier molecular flexibility index (Phi) is 4.21. The van der Waals surface area contributed by atoms with Gasteiger partial charge in [0.05, 0.1) is 5.69 Å². The van der Waals surface area contributed by atoms with E-state index in [0.29, 0.717) is 0 Å². The van der Waals surface area contributed by atoms with Gasteiger partial charge in [-0.3, -0.25) is 4.79 Å². The SMILES string of the molecule is O=C(C(c1ccccc1)c1ccncn1)N1CCNCC1. The molecular formula is C16H18N4O. The van der Waals surface area contributed by atoms with Gasteiger partial charge >= 0.3 is 0 Å². The van der Waals surface area contributed by atoms with Gasteiger partial charge in [-0.15, -0.1) is 0 Å². The molecule has 0 bridgehead atoms. The largest absolute Gasteiger partial charge is 0.339 e. The second kappa shape index (κ2) is 6.45. The molecule has 5 nitrogen and oxygen atoms in total. The van der Waals surface area contributed by atoms with E-state index in [9.17, 15) is 4.79 Å². The molecule has 5 heteroatoms. The van der Waals surface area contributed by atoms with E-state index in [0.717, 1.165) is 37.4 Å². The number of carbonyl (C=O) groups is 1. The lowest BCUT2D eigenvalue weighted by molar-refractivity contribution is -0.132. The zero-order valence-corrected chi connectivity index (χ0v) is 11.8. The number of rotatable bonds is 3. The van der Waals surface area contributed by atoms with Gasteiger partial charge in [0.25, 0.3) is 0 Å². The summed E-state index contributed by atoms with van der Waals surface area (Å²) in [5.74, 6) is -0.242. The Hall–Kier alpha value is -2.27. The quantitative estimate of drug-likeness (QED) is 0.914. The zero-order valence-electron chi connectivity index (χ0n) is 11.8. The van der Waals surface area contributed by atoms with E-state index in [-0.39, 0.29) is 11.8 Å². The fourth-order valence-corrected chi connectivity index (χ4v) is 2.62. The number of amides is 1. The molecule has 108 valence electrons. The fraction of sp³-hybridized carbons (Fsp3) is 0.312. The number of carbonyl (C=O) groups excluding carboxylic acids is 1. The third kappa shape index (κ3) is 3.08. The molecule has 3 rings (SSSR count). The van der Waals surface area contributed by atoms with Gasteiger partial charge in [-0.2, -0.15) is 0 Å². The first kappa shape index (κ1) is 13.7. The lowest BCUT2D eigenvalue weighted by atomic mass is 9.93. The van der Waals surface area contributed by atoms with Gasteiger partial charge in [0.1, 0.15) is 12.2 Å². The number of benzene rings is 1. The average molecular weight is 282 g/mol. The van der Waals surface area contributed by atoms with Crippen LogP contribution in [0, 0.1) is 0 Å². The van der Waals surface area contributed by atoms with E-state index >= 15 is 0 Å². The van der Waals surface area contributed by atoms with Crippen LogP contribution >= 0.6 is 0 Å². The molecule has 0 saturated carbocycles. The predicted octanol–water partition coefficient (Wildman–Crippen LogP) is 1.04. The minimum absolute atomic E-state index is 0.112. The highest BCUT2D eigenvalue weighted by atomic mass is 16.2. The number of hydrogen-bond donors (Lipinski definition) is 1. The van der Waals surface area contributed by atoms with Crippen LogP contribution in [0.1, 0.15) is 17.2 Å². The minimum Gasteiger partial charge on any atom is -0.339 e. The molecule has 1 unspecified atom stereocenters. The Labute approximate surface area is 124 Å². The van der Waals surface area contributed by atoms with E-state index < -0.39 is 0 Å². The molecule has 2 aromatic rings. The normalized spacial score (nSPS) is 16.5. The highest BCUT2D eigenvalue weighted by Crippen LogP contribution is 2.25. The summed E-state index contributed by atoms with van der Waals surface area (Å²) in [6.45, 7) is 3.18. The molecule has 0 spiro atoms. The number of piperazine rings is 1. The molecule has 1 aliphatic heterocycles. The molecular weight excluding hydrogens is 264 g/mol. The van der Waals surface area contributed by atoms with Crippen LogP contribution in [0.3, 0.4) is 0 Å². The smallest absolute Gasteiger partial charge is 0.236 e. The Balaban J connectivity index is 1.94. The average Bonchev–Trinajstić information content (AvgIpc) is 2.58. The van der Waals surface area contributed by atoms with Crippen molar-refractivity contribution in [2.24, 2.45) is 0 Å². The summed E-state index contributed by atoms with van der Waals surface area (Å²) >= 11 is 0. The van der Waals surface area contributed by atoms with E-state index in [1.165, 1.54) is 6.33 Å². The third-order valence-electron chi connectivity index (χ3n) is 3.71. The van der Waals surface area contributed by atoms with Crippen LogP contribution < -0.4 is 5.32 Å². The van der Waals surface area contributed by atoms with Crippen LogP contribution in [0.2, 0.25) is 0 Å². The van der Waals surface area contributed by atoms with Crippen LogP contribution in [0.4, 0.5) is 0 Å². The molecule has 0 aliphatic carbocycles. The van der Waals surface area contributed by atoms with Crippen molar-refractivity contribution in [1.82, 2.24) is 20.2 Å². The third-order valence-corrected chi connectivity index (χ3v) is 3.71. The molecule has 21 heavy (non-hydrogen) atoms. The van der Waals surface area contributed by atoms with Crippen molar-refractivity contribution in [2.45, 2.75) is 5.92 Å². The number of nitrogens with one attached hydrogen (secondary N) is 1. The van der Waals surface area contributed by atoms with E-state index in [1.54, 1.807) is 6.20 Å². The van der Waals surface area contributed by atoms with Crippen LogP contribution in [0.15, 0.2) is 48.9 Å². The summed E-state index contributed by atoms with van der Waals surface area (Å²) < 4.78 is 0. The second-order valence-corrected chi connectivity index (χ2v) is 5.05. The van der Waals surface area contributed by atoms with Gasteiger partial charge in [0.2, 0.25) is 5.91 Å². The molecule has 1 aliphatic rings. The van der Waals surface area contributed by atoms with Gasteiger partial charge in [0.15, 0.2) is 0 Å². The molecule has 0 radical (unpaired) electrons.